The van der Waals surface area contributed by atoms with E-state index in [2.05, 4.69) is 5.32 Å². The molecule has 0 unspecified atom stereocenters. The van der Waals surface area contributed by atoms with Gasteiger partial charge in [0, 0.05) is 54.9 Å². The van der Waals surface area contributed by atoms with Crippen LogP contribution in [0.1, 0.15) is 88.2 Å². The molecule has 11 heteroatoms. The van der Waals surface area contributed by atoms with Crippen molar-refractivity contribution in [1.82, 2.24) is 15.1 Å². The molecular formula is C36H45ClFN3O5S. The van der Waals surface area contributed by atoms with E-state index in [9.17, 15) is 27.5 Å². The number of aliphatic hydroxyl groups is 1. The summed E-state index contributed by atoms with van der Waals surface area (Å²) in [4.78, 5) is 30.7. The van der Waals surface area contributed by atoms with Crippen LogP contribution in [0.2, 0.25) is 5.02 Å². The van der Waals surface area contributed by atoms with Crippen molar-refractivity contribution in [2.45, 2.75) is 71.4 Å². The van der Waals surface area contributed by atoms with E-state index in [1.54, 1.807) is 29.2 Å². The van der Waals surface area contributed by atoms with Gasteiger partial charge in [0.15, 0.2) is 9.84 Å². The van der Waals surface area contributed by atoms with Gasteiger partial charge in [0.1, 0.15) is 5.82 Å². The summed E-state index contributed by atoms with van der Waals surface area (Å²) in [6.45, 7) is 8.86. The third-order valence-electron chi connectivity index (χ3n) is 8.25. The van der Waals surface area contributed by atoms with Gasteiger partial charge in [-0.3, -0.25) is 9.59 Å². The molecule has 47 heavy (non-hydrogen) atoms. The van der Waals surface area contributed by atoms with Crippen LogP contribution in [0.3, 0.4) is 0 Å². The molecule has 0 aromatic heterocycles. The fourth-order valence-corrected chi connectivity index (χ4v) is 8.02. The summed E-state index contributed by atoms with van der Waals surface area (Å²) >= 11 is 6.12. The summed E-state index contributed by atoms with van der Waals surface area (Å²) in [5, 5.41) is 14.6. The van der Waals surface area contributed by atoms with E-state index in [-0.39, 0.29) is 47.6 Å². The van der Waals surface area contributed by atoms with Crippen LogP contribution in [-0.2, 0) is 28.6 Å². The Morgan fingerprint density at radius 2 is 1.62 bits per heavy atom. The van der Waals surface area contributed by atoms with Crippen LogP contribution in [0.4, 0.5) is 4.39 Å². The molecule has 0 fully saturated rings. The number of nitrogens with one attached hydrogen (secondary N) is 1. The molecule has 3 aromatic rings. The lowest BCUT2D eigenvalue weighted by Crippen LogP contribution is -2.43. The normalized spacial score (nSPS) is 15.9. The maximum Gasteiger partial charge on any atom is 0.254 e. The standard InChI is InChI=1S/C36H45ClFN3O5S/c1-5-10-40(11-6-2)35(43)28-12-24(4)13-29(17-28)36(44)41(20-26-14-30(37)18-31(38)15-26)21-32(42)19-39-34-23-47(45,46)22-27-9-8-25(7-3)16-33(27)34/h8-9,12-18,32,34,39,42H,5-7,10-11,19-23H2,1-4H3/t32-,34+/m1/s1. The highest BCUT2D eigenvalue weighted by atomic mass is 35.5. The van der Waals surface area contributed by atoms with E-state index in [1.165, 1.54) is 17.0 Å². The van der Waals surface area contributed by atoms with Gasteiger partial charge in [-0.05, 0) is 90.4 Å². The van der Waals surface area contributed by atoms with Gasteiger partial charge in [-0.15, -0.1) is 0 Å². The number of carbonyl (C=O) groups excluding carboxylic acids is 2. The molecule has 2 N–H and O–H groups in total. The largest absolute Gasteiger partial charge is 0.390 e. The van der Waals surface area contributed by atoms with Crippen LogP contribution in [0.25, 0.3) is 0 Å². The minimum atomic E-state index is -3.35. The van der Waals surface area contributed by atoms with Gasteiger partial charge in [-0.1, -0.05) is 50.6 Å². The van der Waals surface area contributed by atoms with Gasteiger partial charge in [0.05, 0.1) is 17.6 Å². The van der Waals surface area contributed by atoms with E-state index in [0.29, 0.717) is 24.2 Å². The summed E-state index contributed by atoms with van der Waals surface area (Å²) in [6.07, 6.45) is 1.31. The first-order valence-electron chi connectivity index (χ1n) is 16.2. The predicted molar refractivity (Wildman–Crippen MR) is 184 cm³/mol. The molecule has 0 radical (unpaired) electrons. The molecule has 2 atom stereocenters. The molecule has 0 spiro atoms. The van der Waals surface area contributed by atoms with Crippen LogP contribution in [0.5, 0.6) is 0 Å². The van der Waals surface area contributed by atoms with Crippen molar-refractivity contribution in [3.8, 4) is 0 Å². The molecule has 254 valence electrons. The van der Waals surface area contributed by atoms with Crippen LogP contribution >= 0.6 is 11.6 Å². The molecular weight excluding hydrogens is 641 g/mol. The smallest absolute Gasteiger partial charge is 0.254 e. The van der Waals surface area contributed by atoms with Crippen LogP contribution in [0, 0.1) is 12.7 Å². The minimum absolute atomic E-state index is 0.00418. The summed E-state index contributed by atoms with van der Waals surface area (Å²) in [5.41, 5.74) is 4.55. The third kappa shape index (κ3) is 9.85. The van der Waals surface area contributed by atoms with Crippen molar-refractivity contribution in [3.63, 3.8) is 0 Å². The van der Waals surface area contributed by atoms with Crippen molar-refractivity contribution >= 4 is 33.3 Å². The molecule has 0 aliphatic carbocycles. The number of amides is 2. The Hall–Kier alpha value is -3.31. The molecule has 2 amide bonds. The van der Waals surface area contributed by atoms with Crippen LogP contribution in [0.15, 0.2) is 54.6 Å². The van der Waals surface area contributed by atoms with Gasteiger partial charge in [-0.2, -0.15) is 0 Å². The maximum atomic E-state index is 14.3. The minimum Gasteiger partial charge on any atom is -0.390 e. The molecule has 3 aromatic carbocycles. The molecule has 0 saturated heterocycles. The van der Waals surface area contributed by atoms with E-state index >= 15 is 0 Å². The van der Waals surface area contributed by atoms with Crippen molar-refractivity contribution in [1.29, 1.82) is 0 Å². The number of aryl methyl sites for hydroxylation is 2. The topological polar surface area (TPSA) is 107 Å². The second kappa shape index (κ2) is 16.2. The number of benzene rings is 3. The SMILES string of the molecule is CCCN(CCC)C(=O)c1cc(C)cc(C(=O)N(Cc2cc(F)cc(Cl)c2)C[C@H](O)CN[C@H]2CS(=O)(=O)Cc3ccc(CC)cc32)c1. The number of halogens is 2. The van der Waals surface area contributed by atoms with Crippen LogP contribution in [-0.4, -0.2) is 73.2 Å². The average molecular weight is 686 g/mol. The Morgan fingerprint density at radius 3 is 2.23 bits per heavy atom. The molecule has 8 nitrogen and oxygen atoms in total. The zero-order valence-electron chi connectivity index (χ0n) is 27.6. The van der Waals surface area contributed by atoms with Crippen molar-refractivity contribution in [2.24, 2.45) is 0 Å². The molecule has 0 bridgehead atoms. The fourth-order valence-electron chi connectivity index (χ4n) is 6.12. The highest BCUT2D eigenvalue weighted by molar-refractivity contribution is 7.90. The maximum absolute atomic E-state index is 14.3. The zero-order chi connectivity index (χ0) is 34.3. The summed E-state index contributed by atoms with van der Waals surface area (Å²) < 4.78 is 39.7. The number of rotatable bonds is 14. The summed E-state index contributed by atoms with van der Waals surface area (Å²) in [5.74, 6) is -1.29. The number of sulfone groups is 1. The lowest BCUT2D eigenvalue weighted by Gasteiger charge is -2.30. The lowest BCUT2D eigenvalue weighted by molar-refractivity contribution is 0.0600. The first-order chi connectivity index (χ1) is 22.3. The molecule has 1 aliphatic heterocycles. The third-order valence-corrected chi connectivity index (χ3v) is 10.1. The van der Waals surface area contributed by atoms with Gasteiger partial charge in [-0.25, -0.2) is 12.8 Å². The van der Waals surface area contributed by atoms with Crippen molar-refractivity contribution in [3.05, 3.63) is 104 Å². The van der Waals surface area contributed by atoms with Crippen molar-refractivity contribution < 1.29 is 27.5 Å². The number of nitrogens with zero attached hydrogens (tertiary/aromatic N) is 2. The molecule has 1 aliphatic rings. The van der Waals surface area contributed by atoms with Gasteiger partial charge >= 0.3 is 0 Å². The Bertz CT molecular complexity index is 1670. The molecule has 4 rings (SSSR count). The van der Waals surface area contributed by atoms with Gasteiger partial charge < -0.3 is 20.2 Å². The van der Waals surface area contributed by atoms with Gasteiger partial charge in [0.25, 0.3) is 11.8 Å². The highest BCUT2D eigenvalue weighted by Gasteiger charge is 2.31. The number of carbonyl (C=O) groups is 2. The van der Waals surface area contributed by atoms with E-state index in [0.717, 1.165) is 41.5 Å². The Balaban J connectivity index is 1.59. The Labute approximate surface area is 282 Å². The first kappa shape index (κ1) is 36.5. The van der Waals surface area contributed by atoms with Gasteiger partial charge in [0.2, 0.25) is 0 Å². The second-order valence-electron chi connectivity index (χ2n) is 12.4. The van der Waals surface area contributed by atoms with E-state index < -0.39 is 33.7 Å². The van der Waals surface area contributed by atoms with E-state index in [4.69, 9.17) is 11.6 Å². The zero-order valence-corrected chi connectivity index (χ0v) is 29.1. The predicted octanol–water partition coefficient (Wildman–Crippen LogP) is 5.87. The van der Waals surface area contributed by atoms with Crippen LogP contribution < -0.4 is 5.32 Å². The number of hydrogen-bond donors (Lipinski definition) is 2. The summed E-state index contributed by atoms with van der Waals surface area (Å²) in [7, 11) is -3.35. The Kier molecular flexibility index (Phi) is 12.6. The monoisotopic (exact) mass is 685 g/mol. The number of fused-ring (bicyclic) bond motifs is 1. The highest BCUT2D eigenvalue weighted by Crippen LogP contribution is 2.29. The number of aliphatic hydroxyl groups excluding tert-OH is 1. The number of hydrogen-bond acceptors (Lipinski definition) is 6. The second-order valence-corrected chi connectivity index (χ2v) is 14.9. The fraction of sp³-hybridized carbons (Fsp3) is 0.444. The molecule has 0 saturated carbocycles. The first-order valence-corrected chi connectivity index (χ1v) is 18.4. The summed E-state index contributed by atoms with van der Waals surface area (Å²) in [6, 6.07) is 14.3. The lowest BCUT2D eigenvalue weighted by atomic mass is 9.98. The average Bonchev–Trinajstić information content (AvgIpc) is 3.01. The Morgan fingerprint density at radius 1 is 0.957 bits per heavy atom. The quantitative estimate of drug-likeness (QED) is 0.220. The van der Waals surface area contributed by atoms with E-state index in [1.807, 2.05) is 45.9 Å². The van der Waals surface area contributed by atoms with Crippen molar-refractivity contribution in [2.75, 3.05) is 31.9 Å². The molecule has 1 heterocycles.